The number of alkyl carbamates (subject to hydrolysis) is 1. The zero-order valence-electron chi connectivity index (χ0n) is 19.9. The molecule has 2 amide bonds. The van der Waals surface area contributed by atoms with Crippen molar-refractivity contribution in [2.45, 2.75) is 57.5 Å². The second-order valence-corrected chi connectivity index (χ2v) is 10.0. The van der Waals surface area contributed by atoms with E-state index in [1.807, 2.05) is 31.2 Å². The molecular weight excluding hydrogens is 432 g/mol. The number of rotatable bonds is 6. The van der Waals surface area contributed by atoms with Crippen molar-refractivity contribution >= 4 is 18.0 Å². The molecule has 34 heavy (non-hydrogen) atoms. The van der Waals surface area contributed by atoms with Gasteiger partial charge in [-0.05, 0) is 55.9 Å². The first-order valence-corrected chi connectivity index (χ1v) is 11.8. The van der Waals surface area contributed by atoms with Gasteiger partial charge in [0.2, 0.25) is 5.91 Å². The van der Waals surface area contributed by atoms with Gasteiger partial charge >= 0.3 is 12.1 Å². The maximum Gasteiger partial charge on any atom is 0.407 e. The molecule has 0 spiro atoms. The summed E-state index contributed by atoms with van der Waals surface area (Å²) in [6.45, 7) is 6.09. The van der Waals surface area contributed by atoms with E-state index in [1.165, 1.54) is 11.1 Å². The Hall–Kier alpha value is -3.35. The molecule has 1 aliphatic heterocycles. The number of hydrogen-bond donors (Lipinski definition) is 2. The summed E-state index contributed by atoms with van der Waals surface area (Å²) in [7, 11) is 0. The molecule has 0 aromatic heterocycles. The molecule has 1 heterocycles. The number of ether oxygens (including phenoxy) is 1. The smallest absolute Gasteiger partial charge is 0.407 e. The van der Waals surface area contributed by atoms with Crippen LogP contribution in [0.5, 0.6) is 0 Å². The second-order valence-electron chi connectivity index (χ2n) is 10.0. The molecule has 4 rings (SSSR count). The van der Waals surface area contributed by atoms with Gasteiger partial charge in [0.15, 0.2) is 0 Å². The number of carbonyl (C=O) groups excluding carboxylic acids is 2. The number of nitrogens with one attached hydrogen (secondary N) is 1. The quantitative estimate of drug-likeness (QED) is 0.660. The number of carboxylic acids is 1. The molecule has 2 aromatic carbocycles. The molecule has 2 aromatic rings. The molecule has 0 unspecified atom stereocenters. The predicted octanol–water partition coefficient (Wildman–Crippen LogP) is 4.41. The monoisotopic (exact) mass is 464 g/mol. The van der Waals surface area contributed by atoms with E-state index in [0.29, 0.717) is 19.4 Å². The molecule has 1 aliphatic carbocycles. The van der Waals surface area contributed by atoms with Crippen molar-refractivity contribution in [1.82, 2.24) is 10.2 Å². The van der Waals surface area contributed by atoms with Crippen LogP contribution < -0.4 is 5.32 Å². The van der Waals surface area contributed by atoms with Crippen molar-refractivity contribution in [2.75, 3.05) is 13.2 Å². The average molecular weight is 465 g/mol. The van der Waals surface area contributed by atoms with E-state index in [0.717, 1.165) is 11.1 Å². The predicted molar refractivity (Wildman–Crippen MR) is 128 cm³/mol. The zero-order valence-corrected chi connectivity index (χ0v) is 19.9. The Bertz CT molecular complexity index is 1050. The van der Waals surface area contributed by atoms with E-state index in [-0.39, 0.29) is 30.9 Å². The molecule has 2 aliphatic rings. The number of aliphatic carboxylic acids is 1. The number of carbonyl (C=O) groups is 3. The lowest BCUT2D eigenvalue weighted by molar-refractivity contribution is -0.147. The molecule has 2 atom stereocenters. The minimum absolute atomic E-state index is 0.0284. The maximum atomic E-state index is 12.9. The van der Waals surface area contributed by atoms with Crippen molar-refractivity contribution < 1.29 is 24.2 Å². The first-order valence-electron chi connectivity index (χ1n) is 11.8. The number of benzene rings is 2. The summed E-state index contributed by atoms with van der Waals surface area (Å²) in [5, 5.41) is 12.1. The van der Waals surface area contributed by atoms with E-state index in [2.05, 4.69) is 29.6 Å². The lowest BCUT2D eigenvalue weighted by atomic mass is 9.90. The highest BCUT2D eigenvalue weighted by atomic mass is 16.5. The van der Waals surface area contributed by atoms with Crippen LogP contribution in [0.3, 0.4) is 0 Å². The number of likely N-dealkylation sites (tertiary alicyclic amines) is 1. The van der Waals surface area contributed by atoms with Crippen LogP contribution in [-0.4, -0.2) is 52.7 Å². The van der Waals surface area contributed by atoms with Crippen molar-refractivity contribution in [2.24, 2.45) is 5.92 Å². The third kappa shape index (κ3) is 4.93. The lowest BCUT2D eigenvalue weighted by Gasteiger charge is -2.38. The SMILES string of the molecule is C[C@@H]1C[C@H](C(=O)O)CCN1C(=O)CC(C)(C)NC(=O)OCC1c2ccccc2-c2ccccc21. The fourth-order valence-electron chi connectivity index (χ4n) is 5.20. The highest BCUT2D eigenvalue weighted by molar-refractivity contribution is 5.80. The van der Waals surface area contributed by atoms with Gasteiger partial charge in [-0.3, -0.25) is 9.59 Å². The first-order chi connectivity index (χ1) is 16.2. The van der Waals surface area contributed by atoms with Gasteiger partial charge in [-0.2, -0.15) is 0 Å². The molecule has 7 nitrogen and oxygen atoms in total. The Balaban J connectivity index is 1.33. The molecular formula is C27H32N2O5. The van der Waals surface area contributed by atoms with Gasteiger partial charge in [0, 0.05) is 30.5 Å². The van der Waals surface area contributed by atoms with Crippen LogP contribution in [0, 0.1) is 5.92 Å². The highest BCUT2D eigenvalue weighted by Crippen LogP contribution is 2.44. The normalized spacial score (nSPS) is 19.8. The third-order valence-corrected chi connectivity index (χ3v) is 6.92. The van der Waals surface area contributed by atoms with Gasteiger partial charge in [0.1, 0.15) is 6.61 Å². The largest absolute Gasteiger partial charge is 0.481 e. The van der Waals surface area contributed by atoms with E-state index in [4.69, 9.17) is 4.74 Å². The molecule has 1 fully saturated rings. The van der Waals surface area contributed by atoms with Crippen LogP contribution in [0.25, 0.3) is 11.1 Å². The molecule has 0 bridgehead atoms. The van der Waals surface area contributed by atoms with Gasteiger partial charge in [-0.15, -0.1) is 0 Å². The Morgan fingerprint density at radius 2 is 1.65 bits per heavy atom. The standard InChI is InChI=1S/C27H32N2O5/c1-17-14-18(25(31)32)12-13-29(17)24(30)15-27(2,3)28-26(33)34-16-23-21-10-6-4-8-19(21)20-9-5-7-11-22(20)23/h4-11,17-18,23H,12-16H2,1-3H3,(H,28,33)(H,31,32)/t17-,18-/m1/s1. The number of carboxylic acid groups (broad SMARTS) is 1. The summed E-state index contributed by atoms with van der Waals surface area (Å²) in [6, 6.07) is 16.2. The van der Waals surface area contributed by atoms with Crippen LogP contribution in [-0.2, 0) is 14.3 Å². The van der Waals surface area contributed by atoms with Crippen molar-refractivity contribution in [3.8, 4) is 11.1 Å². The van der Waals surface area contributed by atoms with Crippen molar-refractivity contribution in [3.63, 3.8) is 0 Å². The molecule has 7 heteroatoms. The van der Waals surface area contributed by atoms with E-state index >= 15 is 0 Å². The Morgan fingerprint density at radius 3 is 2.21 bits per heavy atom. The zero-order chi connectivity index (χ0) is 24.5. The van der Waals surface area contributed by atoms with E-state index in [9.17, 15) is 19.5 Å². The van der Waals surface area contributed by atoms with Crippen LogP contribution >= 0.6 is 0 Å². The minimum Gasteiger partial charge on any atom is -0.481 e. The van der Waals surface area contributed by atoms with Crippen molar-refractivity contribution in [3.05, 3.63) is 59.7 Å². The molecule has 0 radical (unpaired) electrons. The number of piperidine rings is 1. The van der Waals surface area contributed by atoms with Gasteiger partial charge in [-0.1, -0.05) is 48.5 Å². The summed E-state index contributed by atoms with van der Waals surface area (Å²) >= 11 is 0. The lowest BCUT2D eigenvalue weighted by Crippen LogP contribution is -2.51. The summed E-state index contributed by atoms with van der Waals surface area (Å²) < 4.78 is 5.62. The Kier molecular flexibility index (Phi) is 6.64. The Labute approximate surface area is 200 Å². The molecule has 2 N–H and O–H groups in total. The number of nitrogens with zero attached hydrogens (tertiary/aromatic N) is 1. The van der Waals surface area contributed by atoms with Crippen LogP contribution in [0.4, 0.5) is 4.79 Å². The third-order valence-electron chi connectivity index (χ3n) is 6.92. The summed E-state index contributed by atoms with van der Waals surface area (Å²) in [5.41, 5.74) is 3.82. The van der Waals surface area contributed by atoms with E-state index < -0.39 is 23.5 Å². The first kappa shape index (κ1) is 23.8. The van der Waals surface area contributed by atoms with E-state index in [1.54, 1.807) is 18.7 Å². The van der Waals surface area contributed by atoms with Crippen molar-refractivity contribution in [1.29, 1.82) is 0 Å². The van der Waals surface area contributed by atoms with Crippen LogP contribution in [0.1, 0.15) is 57.1 Å². The second kappa shape index (κ2) is 9.49. The maximum absolute atomic E-state index is 12.9. The molecule has 180 valence electrons. The number of hydrogen-bond acceptors (Lipinski definition) is 4. The summed E-state index contributed by atoms with van der Waals surface area (Å²) in [5.74, 6) is -1.35. The van der Waals surface area contributed by atoms with Gasteiger partial charge in [0.05, 0.1) is 5.92 Å². The Morgan fingerprint density at radius 1 is 1.06 bits per heavy atom. The molecule has 1 saturated heterocycles. The number of amides is 2. The van der Waals surface area contributed by atoms with Crippen LogP contribution in [0.15, 0.2) is 48.5 Å². The van der Waals surface area contributed by atoms with Crippen LogP contribution in [0.2, 0.25) is 0 Å². The summed E-state index contributed by atoms with van der Waals surface area (Å²) in [6.07, 6.45) is 0.448. The average Bonchev–Trinajstić information content (AvgIpc) is 3.10. The summed E-state index contributed by atoms with van der Waals surface area (Å²) in [4.78, 5) is 38.5. The number of fused-ring (bicyclic) bond motifs is 3. The minimum atomic E-state index is -0.809. The van der Waals surface area contributed by atoms with Gasteiger partial charge < -0.3 is 20.1 Å². The topological polar surface area (TPSA) is 95.9 Å². The fraction of sp³-hybridized carbons (Fsp3) is 0.444. The highest BCUT2D eigenvalue weighted by Gasteiger charge is 2.35. The van der Waals surface area contributed by atoms with Gasteiger partial charge in [0.25, 0.3) is 0 Å². The molecule has 0 saturated carbocycles. The fourth-order valence-corrected chi connectivity index (χ4v) is 5.20. The van der Waals surface area contributed by atoms with Gasteiger partial charge in [-0.25, -0.2) is 4.79 Å².